The van der Waals surface area contributed by atoms with Crippen molar-refractivity contribution in [3.05, 3.63) is 42.0 Å². The Kier molecular flexibility index (Phi) is 4.60. The maximum Gasteiger partial charge on any atom is 0.176 e. The number of hydrogen-bond donors (Lipinski definition) is 0. The maximum atomic E-state index is 13.5. The van der Waals surface area contributed by atoms with Crippen molar-refractivity contribution >= 4 is 17.9 Å². The van der Waals surface area contributed by atoms with Crippen LogP contribution in [-0.2, 0) is 20.7 Å². The number of hydrogen-bond acceptors (Lipinski definition) is 5. The predicted octanol–water partition coefficient (Wildman–Crippen LogP) is 2.42. The molecule has 2 aliphatic carbocycles. The molecule has 132 valence electrons. The number of fused-ring (bicyclic) bond motifs is 2. The highest BCUT2D eigenvalue weighted by Crippen LogP contribution is 2.51. The van der Waals surface area contributed by atoms with Gasteiger partial charge < -0.3 is 14.3 Å². The first-order valence-electron chi connectivity index (χ1n) is 8.39. The molecule has 0 radical (unpaired) electrons. The van der Waals surface area contributed by atoms with E-state index in [2.05, 4.69) is 6.58 Å². The van der Waals surface area contributed by atoms with Crippen LogP contribution in [0.4, 0.5) is 0 Å². The van der Waals surface area contributed by atoms with Gasteiger partial charge in [0.05, 0.1) is 18.6 Å². The van der Waals surface area contributed by atoms with Crippen LogP contribution in [0, 0.1) is 17.3 Å². The molecular weight excluding hydrogens is 320 g/mol. The van der Waals surface area contributed by atoms with Crippen molar-refractivity contribution in [3.63, 3.8) is 0 Å². The molecule has 1 fully saturated rings. The van der Waals surface area contributed by atoms with Crippen LogP contribution in [0.3, 0.4) is 0 Å². The van der Waals surface area contributed by atoms with Crippen LogP contribution in [0.25, 0.3) is 0 Å². The third kappa shape index (κ3) is 2.45. The van der Waals surface area contributed by atoms with Crippen molar-refractivity contribution in [1.29, 1.82) is 0 Å². The van der Waals surface area contributed by atoms with Crippen molar-refractivity contribution in [2.45, 2.75) is 25.4 Å². The fraction of sp³-hybridized carbons (Fsp3) is 0.450. The molecule has 2 aliphatic rings. The number of Topliss-reactive ketones (excluding diaryl/α,β-unsaturated/α-hetero) is 2. The zero-order chi connectivity index (χ0) is 18.2. The lowest BCUT2D eigenvalue weighted by atomic mass is 9.57. The first-order valence-corrected chi connectivity index (χ1v) is 8.39. The van der Waals surface area contributed by atoms with Gasteiger partial charge in [0, 0.05) is 30.9 Å². The molecule has 0 unspecified atom stereocenters. The van der Waals surface area contributed by atoms with Crippen LogP contribution in [0.2, 0.25) is 0 Å². The van der Waals surface area contributed by atoms with Crippen LogP contribution in [0.15, 0.2) is 30.9 Å². The summed E-state index contributed by atoms with van der Waals surface area (Å²) in [6.45, 7) is 3.87. The molecule has 0 spiro atoms. The number of rotatable bonds is 4. The molecule has 1 saturated carbocycles. The Labute approximate surface area is 147 Å². The summed E-state index contributed by atoms with van der Waals surface area (Å²) >= 11 is 0. The minimum atomic E-state index is -1.21. The number of methoxy groups -OCH3 is 2. The van der Waals surface area contributed by atoms with E-state index in [0.29, 0.717) is 29.7 Å². The minimum absolute atomic E-state index is 0.0965. The Morgan fingerprint density at radius 3 is 2.60 bits per heavy atom. The average molecular weight is 342 g/mol. The number of ether oxygens (including phenoxy) is 2. The predicted molar refractivity (Wildman–Crippen MR) is 91.7 cm³/mol. The molecule has 0 aromatic heterocycles. The van der Waals surface area contributed by atoms with Crippen molar-refractivity contribution in [2.75, 3.05) is 14.2 Å². The summed E-state index contributed by atoms with van der Waals surface area (Å²) in [5.41, 5.74) is -0.107. The van der Waals surface area contributed by atoms with E-state index in [-0.39, 0.29) is 18.0 Å². The molecule has 0 N–H and O–H groups in total. The molecule has 3 rings (SSSR count). The summed E-state index contributed by atoms with van der Waals surface area (Å²) in [6, 6.07) is 5.12. The number of aldehydes is 1. The van der Waals surface area contributed by atoms with Gasteiger partial charge in [-0.15, -0.1) is 6.58 Å². The molecule has 0 heterocycles. The first kappa shape index (κ1) is 17.5. The van der Waals surface area contributed by atoms with Crippen molar-refractivity contribution < 1.29 is 23.9 Å². The second kappa shape index (κ2) is 6.56. The minimum Gasteiger partial charge on any atom is -0.497 e. The summed E-state index contributed by atoms with van der Waals surface area (Å²) in [6.07, 6.45) is 3.01. The number of benzene rings is 1. The summed E-state index contributed by atoms with van der Waals surface area (Å²) in [7, 11) is 3.07. The quantitative estimate of drug-likeness (QED) is 0.621. The van der Waals surface area contributed by atoms with Crippen molar-refractivity contribution in [3.8, 4) is 5.75 Å². The third-order valence-corrected chi connectivity index (χ3v) is 5.70. The summed E-state index contributed by atoms with van der Waals surface area (Å²) in [4.78, 5) is 38.3. The van der Waals surface area contributed by atoms with Crippen LogP contribution in [-0.4, -0.2) is 38.2 Å². The highest BCUT2D eigenvalue weighted by Gasteiger charge is 2.59. The molecule has 0 amide bonds. The van der Waals surface area contributed by atoms with Crippen molar-refractivity contribution in [1.82, 2.24) is 0 Å². The second-order valence-electron chi connectivity index (χ2n) is 6.71. The highest BCUT2D eigenvalue weighted by molar-refractivity contribution is 6.10. The maximum absolute atomic E-state index is 13.5. The molecule has 5 heteroatoms. The summed E-state index contributed by atoms with van der Waals surface area (Å²) < 4.78 is 10.8. The number of carbonyl (C=O) groups excluding carboxylic acids is 3. The van der Waals surface area contributed by atoms with Gasteiger partial charge in [0.1, 0.15) is 17.8 Å². The Hall–Kier alpha value is -2.27. The molecule has 1 aromatic rings. The topological polar surface area (TPSA) is 69.7 Å². The Balaban J connectivity index is 2.25. The van der Waals surface area contributed by atoms with Gasteiger partial charge in [-0.3, -0.25) is 9.59 Å². The molecule has 1 aromatic carbocycles. The van der Waals surface area contributed by atoms with Crippen LogP contribution in [0.1, 0.15) is 28.8 Å². The van der Waals surface area contributed by atoms with Crippen LogP contribution in [0.5, 0.6) is 5.75 Å². The van der Waals surface area contributed by atoms with E-state index in [1.165, 1.54) is 20.3 Å². The molecule has 4 atom stereocenters. The fourth-order valence-electron chi connectivity index (χ4n) is 4.50. The van der Waals surface area contributed by atoms with E-state index in [1.54, 1.807) is 18.2 Å². The highest BCUT2D eigenvalue weighted by atomic mass is 16.5. The molecular formula is C20H22O5. The Morgan fingerprint density at radius 2 is 2.00 bits per heavy atom. The average Bonchev–Trinajstić information content (AvgIpc) is 2.74. The number of ketones is 2. The van der Waals surface area contributed by atoms with Gasteiger partial charge in [-0.25, -0.2) is 0 Å². The molecule has 0 aliphatic heterocycles. The zero-order valence-electron chi connectivity index (χ0n) is 14.5. The normalized spacial score (nSPS) is 31.5. The molecule has 0 bridgehead atoms. The van der Waals surface area contributed by atoms with Crippen LogP contribution >= 0.6 is 0 Å². The Bertz CT molecular complexity index is 738. The van der Waals surface area contributed by atoms with Gasteiger partial charge in [0.15, 0.2) is 5.78 Å². The van der Waals surface area contributed by atoms with E-state index in [1.807, 2.05) is 0 Å². The molecule has 5 nitrogen and oxygen atoms in total. The van der Waals surface area contributed by atoms with E-state index in [0.717, 1.165) is 6.29 Å². The van der Waals surface area contributed by atoms with E-state index < -0.39 is 23.4 Å². The Morgan fingerprint density at radius 1 is 1.24 bits per heavy atom. The molecule has 0 saturated heterocycles. The van der Waals surface area contributed by atoms with Gasteiger partial charge in [-0.05, 0) is 36.6 Å². The van der Waals surface area contributed by atoms with E-state index in [9.17, 15) is 14.4 Å². The van der Waals surface area contributed by atoms with E-state index in [4.69, 9.17) is 9.47 Å². The summed E-state index contributed by atoms with van der Waals surface area (Å²) in [5.74, 6) is -0.982. The smallest absolute Gasteiger partial charge is 0.176 e. The van der Waals surface area contributed by atoms with Gasteiger partial charge in [-0.1, -0.05) is 6.08 Å². The fourth-order valence-corrected chi connectivity index (χ4v) is 4.50. The third-order valence-electron chi connectivity index (χ3n) is 5.70. The van der Waals surface area contributed by atoms with Crippen molar-refractivity contribution in [2.24, 2.45) is 17.3 Å². The first-order chi connectivity index (χ1) is 12.0. The second-order valence-corrected chi connectivity index (χ2v) is 6.71. The van der Waals surface area contributed by atoms with Gasteiger partial charge in [0.2, 0.25) is 0 Å². The lowest BCUT2D eigenvalue weighted by Crippen LogP contribution is -2.55. The monoisotopic (exact) mass is 342 g/mol. The number of carbonyl (C=O) groups is 3. The van der Waals surface area contributed by atoms with Gasteiger partial charge in [0.25, 0.3) is 0 Å². The largest absolute Gasteiger partial charge is 0.497 e. The lowest BCUT2D eigenvalue weighted by Gasteiger charge is -2.46. The van der Waals surface area contributed by atoms with Gasteiger partial charge in [-0.2, -0.15) is 0 Å². The van der Waals surface area contributed by atoms with Crippen LogP contribution < -0.4 is 4.74 Å². The van der Waals surface area contributed by atoms with Gasteiger partial charge >= 0.3 is 0 Å². The van der Waals surface area contributed by atoms with E-state index >= 15 is 0 Å². The zero-order valence-corrected chi connectivity index (χ0v) is 14.5. The lowest BCUT2D eigenvalue weighted by molar-refractivity contribution is -0.138. The molecule has 25 heavy (non-hydrogen) atoms. The SMILES string of the molecule is C=C[C@@]12C(=O)c3ccc(OC)cc3CC(=O)[C@@H]1[C@H](C=O)CC[C@@H]2OC. The standard InChI is InChI=1S/C20H22O5/c1-4-20-17(25-3)8-5-12(11-21)18(20)16(22)10-13-9-14(24-2)6-7-15(13)19(20)23/h4,6-7,9,11-12,17-18H,1,5,8,10H2,2-3H3/t12-,17-,18-,20-/m0/s1. The summed E-state index contributed by atoms with van der Waals surface area (Å²) in [5, 5.41) is 0.